The number of rotatable bonds is 6. The van der Waals surface area contributed by atoms with Gasteiger partial charge in [-0.2, -0.15) is 0 Å². The Morgan fingerprint density at radius 1 is 1.07 bits per heavy atom. The zero-order valence-electron chi connectivity index (χ0n) is 16.8. The summed E-state index contributed by atoms with van der Waals surface area (Å²) in [6.07, 6.45) is 3.63. The average Bonchev–Trinajstić information content (AvgIpc) is 3.10. The summed E-state index contributed by atoms with van der Waals surface area (Å²) >= 11 is 0. The van der Waals surface area contributed by atoms with Crippen molar-refractivity contribution in [1.29, 1.82) is 0 Å². The fourth-order valence-electron chi connectivity index (χ4n) is 3.85. The summed E-state index contributed by atoms with van der Waals surface area (Å²) in [6.45, 7) is 5.70. The number of carbonyl (C=O) groups excluding carboxylic acids is 1. The van der Waals surface area contributed by atoms with E-state index in [-0.39, 0.29) is 35.6 Å². The van der Waals surface area contributed by atoms with E-state index < -0.39 is 15.6 Å². The molecule has 0 radical (unpaired) electrons. The highest BCUT2D eigenvalue weighted by Gasteiger charge is 2.40. The standard InChI is InChI=1S/C19H30N4O3S.2ClH/c1-16-4-6-17(7-5-16)27(25,26)21-10-11-22-12-14-23(15-13-22)18(24)19(20)8-2-3-9-19;;/h4-7,21H,2-3,8-15,20H2,1H3;2*1H. The molecule has 3 rings (SSSR count). The summed E-state index contributed by atoms with van der Waals surface area (Å²) in [5, 5.41) is 0. The average molecular weight is 467 g/mol. The lowest BCUT2D eigenvalue weighted by Crippen LogP contribution is -2.58. The van der Waals surface area contributed by atoms with Crippen LogP contribution in [0.1, 0.15) is 31.2 Å². The van der Waals surface area contributed by atoms with E-state index in [9.17, 15) is 13.2 Å². The van der Waals surface area contributed by atoms with Gasteiger partial charge in [0, 0.05) is 39.3 Å². The Bertz CT molecular complexity index is 760. The van der Waals surface area contributed by atoms with Crippen LogP contribution in [0.15, 0.2) is 29.2 Å². The lowest BCUT2D eigenvalue weighted by molar-refractivity contribution is -0.138. The lowest BCUT2D eigenvalue weighted by atomic mass is 9.97. The second-order valence-electron chi connectivity index (χ2n) is 7.71. The topological polar surface area (TPSA) is 95.7 Å². The quantitative estimate of drug-likeness (QED) is 0.662. The number of piperazine rings is 1. The molecule has 2 fully saturated rings. The molecule has 0 bridgehead atoms. The summed E-state index contributed by atoms with van der Waals surface area (Å²) in [4.78, 5) is 17.0. The number of hydrogen-bond acceptors (Lipinski definition) is 5. The fraction of sp³-hybridized carbons (Fsp3) is 0.632. The van der Waals surface area contributed by atoms with Gasteiger partial charge in [-0.05, 0) is 31.9 Å². The monoisotopic (exact) mass is 466 g/mol. The van der Waals surface area contributed by atoms with Crippen molar-refractivity contribution in [2.45, 2.75) is 43.0 Å². The highest BCUT2D eigenvalue weighted by molar-refractivity contribution is 7.89. The van der Waals surface area contributed by atoms with Gasteiger partial charge in [-0.3, -0.25) is 9.69 Å². The van der Waals surface area contributed by atoms with Crippen LogP contribution < -0.4 is 10.5 Å². The molecule has 1 aliphatic heterocycles. The molecule has 0 atom stereocenters. The van der Waals surface area contributed by atoms with Crippen LogP contribution in [0.2, 0.25) is 0 Å². The van der Waals surface area contributed by atoms with Gasteiger partial charge in [0.05, 0.1) is 10.4 Å². The van der Waals surface area contributed by atoms with Gasteiger partial charge in [0.15, 0.2) is 0 Å². The molecule has 1 aromatic carbocycles. The number of amides is 1. The van der Waals surface area contributed by atoms with Gasteiger partial charge >= 0.3 is 0 Å². The van der Waals surface area contributed by atoms with E-state index in [0.29, 0.717) is 26.2 Å². The van der Waals surface area contributed by atoms with E-state index in [2.05, 4.69) is 9.62 Å². The van der Waals surface area contributed by atoms with Gasteiger partial charge in [-0.25, -0.2) is 13.1 Å². The van der Waals surface area contributed by atoms with Gasteiger partial charge < -0.3 is 10.6 Å². The molecule has 166 valence electrons. The highest BCUT2D eigenvalue weighted by atomic mass is 35.5. The van der Waals surface area contributed by atoms with E-state index >= 15 is 0 Å². The van der Waals surface area contributed by atoms with Crippen molar-refractivity contribution in [2.24, 2.45) is 5.73 Å². The Morgan fingerprint density at radius 2 is 1.62 bits per heavy atom. The summed E-state index contributed by atoms with van der Waals surface area (Å²) in [5.41, 5.74) is 6.64. The molecule has 0 spiro atoms. The number of nitrogens with zero attached hydrogens (tertiary/aromatic N) is 2. The molecule has 10 heteroatoms. The molecular formula is C19H32Cl2N4O3S. The molecule has 2 aliphatic rings. The third-order valence-electron chi connectivity index (χ3n) is 5.63. The maximum atomic E-state index is 12.6. The Balaban J connectivity index is 0.00000210. The van der Waals surface area contributed by atoms with E-state index in [4.69, 9.17) is 5.73 Å². The number of halogens is 2. The normalized spacial score (nSPS) is 19.3. The number of sulfonamides is 1. The van der Waals surface area contributed by atoms with Crippen molar-refractivity contribution in [3.63, 3.8) is 0 Å². The zero-order valence-corrected chi connectivity index (χ0v) is 19.3. The Kier molecular flexibility index (Phi) is 9.85. The van der Waals surface area contributed by atoms with Crippen LogP contribution >= 0.6 is 24.8 Å². The molecule has 1 aromatic rings. The van der Waals surface area contributed by atoms with Crippen LogP contribution in [0.5, 0.6) is 0 Å². The first kappa shape index (κ1) is 26.1. The van der Waals surface area contributed by atoms with Crippen molar-refractivity contribution in [3.05, 3.63) is 29.8 Å². The number of nitrogens with two attached hydrogens (primary N) is 1. The summed E-state index contributed by atoms with van der Waals surface area (Å²) in [6, 6.07) is 6.82. The van der Waals surface area contributed by atoms with E-state index in [0.717, 1.165) is 44.3 Å². The molecule has 1 saturated carbocycles. The number of nitrogens with one attached hydrogen (secondary N) is 1. The van der Waals surface area contributed by atoms with Gasteiger partial charge in [0.2, 0.25) is 15.9 Å². The Labute approximate surface area is 186 Å². The second-order valence-corrected chi connectivity index (χ2v) is 9.47. The SMILES string of the molecule is Cc1ccc(S(=O)(=O)NCCN2CCN(C(=O)C3(N)CCCC3)CC2)cc1.Cl.Cl. The van der Waals surface area contributed by atoms with Crippen LogP contribution in [-0.4, -0.2) is 68.9 Å². The van der Waals surface area contributed by atoms with Crippen molar-refractivity contribution in [3.8, 4) is 0 Å². The Hall–Kier alpha value is -0.900. The number of hydrogen-bond donors (Lipinski definition) is 2. The lowest BCUT2D eigenvalue weighted by Gasteiger charge is -2.38. The van der Waals surface area contributed by atoms with Gasteiger partial charge in [0.25, 0.3) is 0 Å². The van der Waals surface area contributed by atoms with E-state index in [1.54, 1.807) is 24.3 Å². The molecule has 3 N–H and O–H groups in total. The minimum atomic E-state index is -3.48. The first-order valence-electron chi connectivity index (χ1n) is 9.67. The predicted molar refractivity (Wildman–Crippen MR) is 119 cm³/mol. The summed E-state index contributed by atoms with van der Waals surface area (Å²) in [5.74, 6) is 0.0831. The number of carbonyl (C=O) groups is 1. The van der Waals surface area contributed by atoms with Crippen molar-refractivity contribution >= 4 is 40.7 Å². The van der Waals surface area contributed by atoms with E-state index in [1.165, 1.54) is 0 Å². The summed E-state index contributed by atoms with van der Waals surface area (Å²) in [7, 11) is -3.48. The van der Waals surface area contributed by atoms with Gasteiger partial charge in [-0.1, -0.05) is 30.5 Å². The first-order valence-corrected chi connectivity index (χ1v) is 11.2. The van der Waals surface area contributed by atoms with Crippen LogP contribution in [0.3, 0.4) is 0 Å². The molecule has 0 aromatic heterocycles. The first-order chi connectivity index (χ1) is 12.8. The molecule has 7 nitrogen and oxygen atoms in total. The van der Waals surface area contributed by atoms with Crippen molar-refractivity contribution in [2.75, 3.05) is 39.3 Å². The third-order valence-corrected chi connectivity index (χ3v) is 7.11. The molecule has 1 heterocycles. The largest absolute Gasteiger partial charge is 0.339 e. The number of aryl methyl sites for hydroxylation is 1. The van der Waals surface area contributed by atoms with Gasteiger partial charge in [-0.15, -0.1) is 24.8 Å². The van der Waals surface area contributed by atoms with Crippen molar-refractivity contribution < 1.29 is 13.2 Å². The van der Waals surface area contributed by atoms with Crippen LogP contribution in [0, 0.1) is 6.92 Å². The number of benzene rings is 1. The smallest absolute Gasteiger partial charge is 0.242 e. The van der Waals surface area contributed by atoms with Gasteiger partial charge in [0.1, 0.15) is 0 Å². The minimum Gasteiger partial charge on any atom is -0.339 e. The summed E-state index contributed by atoms with van der Waals surface area (Å²) < 4.78 is 27.3. The molecule has 29 heavy (non-hydrogen) atoms. The third kappa shape index (κ3) is 6.54. The maximum absolute atomic E-state index is 12.6. The van der Waals surface area contributed by atoms with Crippen LogP contribution in [0.4, 0.5) is 0 Å². The predicted octanol–water partition coefficient (Wildman–Crippen LogP) is 1.53. The highest BCUT2D eigenvalue weighted by Crippen LogP contribution is 2.29. The molecule has 1 amide bonds. The minimum absolute atomic E-state index is 0. The second kappa shape index (κ2) is 10.9. The van der Waals surface area contributed by atoms with Crippen molar-refractivity contribution in [1.82, 2.24) is 14.5 Å². The maximum Gasteiger partial charge on any atom is 0.242 e. The molecule has 1 saturated heterocycles. The van der Waals surface area contributed by atoms with E-state index in [1.807, 2.05) is 11.8 Å². The zero-order chi connectivity index (χ0) is 19.5. The Morgan fingerprint density at radius 3 is 2.17 bits per heavy atom. The molecular weight excluding hydrogens is 435 g/mol. The fourth-order valence-corrected chi connectivity index (χ4v) is 4.87. The van der Waals surface area contributed by atoms with Crippen LogP contribution in [-0.2, 0) is 14.8 Å². The molecule has 1 aliphatic carbocycles. The van der Waals surface area contributed by atoms with Crippen LogP contribution in [0.25, 0.3) is 0 Å². The molecule has 0 unspecified atom stereocenters.